The molecule has 1 rings (SSSR count). The topological polar surface area (TPSA) is 50.9 Å². The highest BCUT2D eigenvalue weighted by atomic mass is 14.9. The second kappa shape index (κ2) is 7.71. The Labute approximate surface area is 80.4 Å². The van der Waals surface area contributed by atoms with E-state index in [4.69, 9.17) is 5.73 Å². The van der Waals surface area contributed by atoms with Gasteiger partial charge in [0.1, 0.15) is 0 Å². The Morgan fingerprint density at radius 2 is 2.15 bits per heavy atom. The average Bonchev–Trinajstić information content (AvgIpc) is 2.23. The zero-order valence-corrected chi connectivity index (χ0v) is 8.62. The summed E-state index contributed by atoms with van der Waals surface area (Å²) in [6, 6.07) is 5.76. The molecule has 0 saturated carbocycles. The standard InChI is InChI=1S/C8H13N3.C2H6/c1-10-6-7(9)8-4-2-3-5-11-8;1-2/h2-5,7,10H,6,9H2,1H3;1-2H3. The molecular weight excluding hydrogens is 162 g/mol. The van der Waals surface area contributed by atoms with Crippen molar-refractivity contribution in [2.45, 2.75) is 19.9 Å². The van der Waals surface area contributed by atoms with Crippen LogP contribution in [0.2, 0.25) is 0 Å². The van der Waals surface area contributed by atoms with Gasteiger partial charge in [-0.2, -0.15) is 0 Å². The molecule has 0 radical (unpaired) electrons. The Balaban J connectivity index is 0.000000671. The van der Waals surface area contributed by atoms with Crippen molar-refractivity contribution >= 4 is 0 Å². The van der Waals surface area contributed by atoms with E-state index >= 15 is 0 Å². The summed E-state index contributed by atoms with van der Waals surface area (Å²) in [5, 5.41) is 3.00. The van der Waals surface area contributed by atoms with Crippen molar-refractivity contribution < 1.29 is 0 Å². The van der Waals surface area contributed by atoms with Gasteiger partial charge in [0, 0.05) is 12.7 Å². The molecule has 3 N–H and O–H groups in total. The number of pyridine rings is 1. The quantitative estimate of drug-likeness (QED) is 0.739. The smallest absolute Gasteiger partial charge is 0.0596 e. The lowest BCUT2D eigenvalue weighted by Gasteiger charge is -2.08. The van der Waals surface area contributed by atoms with Crippen LogP contribution in [0.1, 0.15) is 25.6 Å². The molecule has 1 unspecified atom stereocenters. The van der Waals surface area contributed by atoms with Crippen LogP contribution in [-0.2, 0) is 0 Å². The molecule has 0 bridgehead atoms. The van der Waals surface area contributed by atoms with E-state index in [2.05, 4.69) is 10.3 Å². The lowest BCUT2D eigenvalue weighted by molar-refractivity contribution is 0.637. The minimum absolute atomic E-state index is 0.00111. The maximum Gasteiger partial charge on any atom is 0.0596 e. The van der Waals surface area contributed by atoms with E-state index < -0.39 is 0 Å². The third kappa shape index (κ3) is 4.60. The highest BCUT2D eigenvalue weighted by molar-refractivity contribution is 5.08. The molecule has 1 atom stereocenters. The summed E-state index contributed by atoms with van der Waals surface area (Å²) in [4.78, 5) is 4.13. The van der Waals surface area contributed by atoms with E-state index in [-0.39, 0.29) is 6.04 Å². The van der Waals surface area contributed by atoms with E-state index in [1.807, 2.05) is 39.1 Å². The Bertz CT molecular complexity index is 199. The Kier molecular flexibility index (Phi) is 7.15. The van der Waals surface area contributed by atoms with E-state index in [0.717, 1.165) is 12.2 Å². The fraction of sp³-hybridized carbons (Fsp3) is 0.500. The van der Waals surface area contributed by atoms with Gasteiger partial charge in [0.05, 0.1) is 11.7 Å². The fourth-order valence-electron chi connectivity index (χ4n) is 0.920. The molecule has 13 heavy (non-hydrogen) atoms. The summed E-state index contributed by atoms with van der Waals surface area (Å²) in [6.45, 7) is 4.76. The van der Waals surface area contributed by atoms with Crippen LogP contribution in [0.15, 0.2) is 24.4 Å². The lowest BCUT2D eigenvalue weighted by Crippen LogP contribution is -2.24. The molecular formula is C10H19N3. The van der Waals surface area contributed by atoms with Crippen LogP contribution in [0.3, 0.4) is 0 Å². The highest BCUT2D eigenvalue weighted by Gasteiger charge is 2.03. The second-order valence-corrected chi connectivity index (χ2v) is 2.42. The number of hydrogen-bond acceptors (Lipinski definition) is 3. The van der Waals surface area contributed by atoms with Crippen molar-refractivity contribution in [3.63, 3.8) is 0 Å². The average molecular weight is 181 g/mol. The molecule has 0 aliphatic heterocycles. The number of likely N-dealkylation sites (N-methyl/N-ethyl adjacent to an activating group) is 1. The SMILES string of the molecule is CC.CNCC(N)c1ccccn1. The van der Waals surface area contributed by atoms with Crippen molar-refractivity contribution in [1.29, 1.82) is 0 Å². The van der Waals surface area contributed by atoms with Gasteiger partial charge in [-0.25, -0.2) is 0 Å². The number of rotatable bonds is 3. The first kappa shape index (κ1) is 12.1. The van der Waals surface area contributed by atoms with Crippen LogP contribution in [-0.4, -0.2) is 18.6 Å². The minimum Gasteiger partial charge on any atom is -0.322 e. The van der Waals surface area contributed by atoms with Crippen molar-refractivity contribution in [2.75, 3.05) is 13.6 Å². The Hall–Kier alpha value is -0.930. The molecule has 0 spiro atoms. The van der Waals surface area contributed by atoms with Crippen molar-refractivity contribution in [1.82, 2.24) is 10.3 Å². The molecule has 1 aromatic heterocycles. The zero-order valence-electron chi connectivity index (χ0n) is 8.62. The van der Waals surface area contributed by atoms with Crippen LogP contribution in [0.4, 0.5) is 0 Å². The number of nitrogens with zero attached hydrogens (tertiary/aromatic N) is 1. The maximum atomic E-state index is 5.78. The van der Waals surface area contributed by atoms with Gasteiger partial charge >= 0.3 is 0 Å². The maximum absolute atomic E-state index is 5.78. The Morgan fingerprint density at radius 3 is 2.62 bits per heavy atom. The second-order valence-electron chi connectivity index (χ2n) is 2.42. The summed E-state index contributed by atoms with van der Waals surface area (Å²) >= 11 is 0. The number of nitrogens with two attached hydrogens (primary N) is 1. The van der Waals surface area contributed by atoms with E-state index in [0.29, 0.717) is 0 Å². The number of nitrogens with one attached hydrogen (secondary N) is 1. The summed E-state index contributed by atoms with van der Waals surface area (Å²) in [7, 11) is 1.88. The van der Waals surface area contributed by atoms with Crippen molar-refractivity contribution in [3.05, 3.63) is 30.1 Å². The van der Waals surface area contributed by atoms with E-state index in [1.54, 1.807) is 6.20 Å². The first-order valence-corrected chi connectivity index (χ1v) is 4.65. The van der Waals surface area contributed by atoms with Gasteiger partial charge in [0.15, 0.2) is 0 Å². The molecule has 0 saturated heterocycles. The lowest BCUT2D eigenvalue weighted by atomic mass is 10.2. The molecule has 0 amide bonds. The van der Waals surface area contributed by atoms with Crippen LogP contribution in [0, 0.1) is 0 Å². The largest absolute Gasteiger partial charge is 0.322 e. The predicted molar refractivity (Wildman–Crippen MR) is 56.4 cm³/mol. The van der Waals surface area contributed by atoms with Crippen molar-refractivity contribution in [2.24, 2.45) is 5.73 Å². The molecule has 1 aromatic rings. The Morgan fingerprint density at radius 1 is 1.46 bits per heavy atom. The summed E-state index contributed by atoms with van der Waals surface area (Å²) in [5.41, 5.74) is 6.71. The summed E-state index contributed by atoms with van der Waals surface area (Å²) in [5.74, 6) is 0. The van der Waals surface area contributed by atoms with Crippen LogP contribution in [0.5, 0.6) is 0 Å². The monoisotopic (exact) mass is 181 g/mol. The summed E-state index contributed by atoms with van der Waals surface area (Å²) < 4.78 is 0. The highest BCUT2D eigenvalue weighted by Crippen LogP contribution is 2.03. The van der Waals surface area contributed by atoms with Crippen LogP contribution < -0.4 is 11.1 Å². The zero-order chi connectivity index (χ0) is 10.1. The molecule has 0 aliphatic carbocycles. The van der Waals surface area contributed by atoms with E-state index in [9.17, 15) is 0 Å². The van der Waals surface area contributed by atoms with Crippen molar-refractivity contribution in [3.8, 4) is 0 Å². The van der Waals surface area contributed by atoms with Gasteiger partial charge in [0.25, 0.3) is 0 Å². The van der Waals surface area contributed by atoms with Gasteiger partial charge in [0.2, 0.25) is 0 Å². The van der Waals surface area contributed by atoms with Crippen LogP contribution in [0.25, 0.3) is 0 Å². The van der Waals surface area contributed by atoms with Gasteiger partial charge in [-0.3, -0.25) is 4.98 Å². The van der Waals surface area contributed by atoms with Gasteiger partial charge in [-0.1, -0.05) is 19.9 Å². The fourth-order valence-corrected chi connectivity index (χ4v) is 0.920. The van der Waals surface area contributed by atoms with Gasteiger partial charge in [-0.05, 0) is 19.2 Å². The normalized spacial score (nSPS) is 11.4. The molecule has 3 heteroatoms. The first-order chi connectivity index (χ1) is 6.34. The molecule has 0 fully saturated rings. The third-order valence-corrected chi connectivity index (χ3v) is 1.49. The van der Waals surface area contributed by atoms with E-state index in [1.165, 1.54) is 0 Å². The summed E-state index contributed by atoms with van der Waals surface area (Å²) in [6.07, 6.45) is 1.75. The molecule has 3 nitrogen and oxygen atoms in total. The molecule has 0 aromatic carbocycles. The third-order valence-electron chi connectivity index (χ3n) is 1.49. The minimum atomic E-state index is 0.00111. The van der Waals surface area contributed by atoms with Crippen LogP contribution >= 0.6 is 0 Å². The van der Waals surface area contributed by atoms with Gasteiger partial charge in [-0.15, -0.1) is 0 Å². The number of aromatic nitrogens is 1. The number of hydrogen-bond donors (Lipinski definition) is 2. The first-order valence-electron chi connectivity index (χ1n) is 4.65. The molecule has 74 valence electrons. The predicted octanol–water partition coefficient (Wildman–Crippen LogP) is 1.33. The molecule has 0 aliphatic rings. The van der Waals surface area contributed by atoms with Gasteiger partial charge < -0.3 is 11.1 Å². The molecule has 1 heterocycles.